The highest BCUT2D eigenvalue weighted by Crippen LogP contribution is 2.18. The summed E-state index contributed by atoms with van der Waals surface area (Å²) in [5.74, 6) is 1.03. The van der Waals surface area contributed by atoms with Crippen LogP contribution in [0.5, 0.6) is 0 Å². The number of aryl methyl sites for hydroxylation is 1. The number of imidazole rings is 1. The summed E-state index contributed by atoms with van der Waals surface area (Å²) in [6.07, 6.45) is 1.81. The average molecular weight is 347 g/mol. The lowest BCUT2D eigenvalue weighted by Gasteiger charge is -2.08. The first kappa shape index (κ1) is 15.9. The first-order chi connectivity index (χ1) is 12.7. The first-order valence-corrected chi connectivity index (χ1v) is 8.18. The minimum absolute atomic E-state index is 0.331. The van der Waals surface area contributed by atoms with Gasteiger partial charge in [0.2, 0.25) is 0 Å². The minimum Gasteiger partial charge on any atom is -0.360 e. The van der Waals surface area contributed by atoms with Crippen LogP contribution in [-0.4, -0.2) is 20.7 Å². The molecule has 2 N–H and O–H groups in total. The molecule has 0 bridgehead atoms. The Morgan fingerprint density at radius 1 is 1.15 bits per heavy atom. The maximum absolute atomic E-state index is 11.9. The molecule has 0 saturated heterocycles. The standard InChI is InChI=1S/C19H17N5O2/c1-13-10-18(23-26-13)22-19(25)20-11-14-6-8-15(9-7-14)24-12-21-16-4-2-3-5-17(16)24/h2-10,12H,11H2,1H3,(H2,20,22,23,25). The van der Waals surface area contributed by atoms with E-state index < -0.39 is 0 Å². The Balaban J connectivity index is 1.41. The van der Waals surface area contributed by atoms with Gasteiger partial charge >= 0.3 is 6.03 Å². The minimum atomic E-state index is -0.331. The van der Waals surface area contributed by atoms with Crippen LogP contribution in [0.15, 0.2) is 65.4 Å². The molecule has 2 aromatic heterocycles. The molecule has 7 nitrogen and oxygen atoms in total. The van der Waals surface area contributed by atoms with Crippen LogP contribution in [0.2, 0.25) is 0 Å². The Morgan fingerprint density at radius 3 is 2.73 bits per heavy atom. The number of para-hydroxylation sites is 2. The number of aromatic nitrogens is 3. The summed E-state index contributed by atoms with van der Waals surface area (Å²) in [7, 11) is 0. The Kier molecular flexibility index (Phi) is 4.10. The number of anilines is 1. The van der Waals surface area contributed by atoms with Crippen LogP contribution in [0.1, 0.15) is 11.3 Å². The van der Waals surface area contributed by atoms with Crippen molar-refractivity contribution in [2.75, 3.05) is 5.32 Å². The molecular formula is C19H17N5O2. The SMILES string of the molecule is Cc1cc(NC(=O)NCc2ccc(-n3cnc4ccccc43)cc2)no1. The van der Waals surface area contributed by atoms with Crippen molar-refractivity contribution in [1.82, 2.24) is 20.0 Å². The van der Waals surface area contributed by atoms with E-state index in [1.807, 2.05) is 59.4 Å². The fourth-order valence-electron chi connectivity index (χ4n) is 2.71. The lowest BCUT2D eigenvalue weighted by molar-refractivity contribution is 0.251. The van der Waals surface area contributed by atoms with Crippen LogP contribution in [0.3, 0.4) is 0 Å². The van der Waals surface area contributed by atoms with Gasteiger partial charge in [0.25, 0.3) is 0 Å². The molecule has 0 spiro atoms. The first-order valence-electron chi connectivity index (χ1n) is 8.18. The largest absolute Gasteiger partial charge is 0.360 e. The van der Waals surface area contributed by atoms with Gasteiger partial charge in [-0.2, -0.15) is 0 Å². The summed E-state index contributed by atoms with van der Waals surface area (Å²) < 4.78 is 6.94. The van der Waals surface area contributed by atoms with Crippen LogP contribution in [0.25, 0.3) is 16.7 Å². The zero-order valence-electron chi connectivity index (χ0n) is 14.1. The van der Waals surface area contributed by atoms with Crippen molar-refractivity contribution in [3.05, 3.63) is 72.2 Å². The van der Waals surface area contributed by atoms with E-state index in [-0.39, 0.29) is 6.03 Å². The van der Waals surface area contributed by atoms with E-state index in [0.717, 1.165) is 22.3 Å². The Bertz CT molecular complexity index is 1050. The van der Waals surface area contributed by atoms with Gasteiger partial charge in [-0.05, 0) is 36.8 Å². The molecule has 0 saturated carbocycles. The monoisotopic (exact) mass is 347 g/mol. The molecule has 130 valence electrons. The zero-order chi connectivity index (χ0) is 17.9. The van der Waals surface area contributed by atoms with Gasteiger partial charge in [0, 0.05) is 18.3 Å². The number of nitrogens with zero attached hydrogens (tertiary/aromatic N) is 3. The van der Waals surface area contributed by atoms with E-state index in [1.54, 1.807) is 13.0 Å². The van der Waals surface area contributed by atoms with Gasteiger partial charge in [-0.15, -0.1) is 0 Å². The number of urea groups is 1. The number of carbonyl (C=O) groups excluding carboxylic acids is 1. The second-order valence-electron chi connectivity index (χ2n) is 5.90. The highest BCUT2D eigenvalue weighted by atomic mass is 16.5. The fraction of sp³-hybridized carbons (Fsp3) is 0.105. The zero-order valence-corrected chi connectivity index (χ0v) is 14.1. The molecule has 0 atom stereocenters. The third kappa shape index (κ3) is 3.27. The molecule has 2 amide bonds. The summed E-state index contributed by atoms with van der Waals surface area (Å²) in [6, 6.07) is 17.3. The second-order valence-corrected chi connectivity index (χ2v) is 5.90. The number of benzene rings is 2. The van der Waals surface area contributed by atoms with Crippen molar-refractivity contribution in [2.24, 2.45) is 0 Å². The molecule has 0 aliphatic carbocycles. The van der Waals surface area contributed by atoms with Gasteiger partial charge in [-0.1, -0.05) is 29.4 Å². The third-order valence-corrected chi connectivity index (χ3v) is 3.99. The van der Waals surface area contributed by atoms with Gasteiger partial charge in [0.1, 0.15) is 12.1 Å². The van der Waals surface area contributed by atoms with Crippen LogP contribution in [-0.2, 0) is 6.54 Å². The van der Waals surface area contributed by atoms with Crippen LogP contribution < -0.4 is 10.6 Å². The lowest BCUT2D eigenvalue weighted by atomic mass is 10.2. The summed E-state index contributed by atoms with van der Waals surface area (Å²) in [6.45, 7) is 2.18. The second kappa shape index (κ2) is 6.72. The molecule has 2 aromatic carbocycles. The smallest absolute Gasteiger partial charge is 0.320 e. The van der Waals surface area contributed by atoms with Crippen molar-refractivity contribution in [3.8, 4) is 5.69 Å². The molecule has 7 heteroatoms. The normalized spacial score (nSPS) is 10.8. The average Bonchev–Trinajstić information content (AvgIpc) is 3.26. The van der Waals surface area contributed by atoms with Gasteiger partial charge in [0.05, 0.1) is 11.0 Å². The number of hydrogen-bond donors (Lipinski definition) is 2. The van der Waals surface area contributed by atoms with Crippen molar-refractivity contribution < 1.29 is 9.32 Å². The Morgan fingerprint density at radius 2 is 1.96 bits per heavy atom. The number of hydrogen-bond acceptors (Lipinski definition) is 4. The number of nitrogens with one attached hydrogen (secondary N) is 2. The third-order valence-electron chi connectivity index (χ3n) is 3.99. The van der Waals surface area contributed by atoms with Gasteiger partial charge < -0.3 is 9.84 Å². The number of rotatable bonds is 4. The molecule has 4 rings (SSSR count). The molecule has 0 unspecified atom stereocenters. The van der Waals surface area contributed by atoms with Crippen LogP contribution >= 0.6 is 0 Å². The van der Waals surface area contributed by atoms with E-state index in [1.165, 1.54) is 0 Å². The predicted molar refractivity (Wildman–Crippen MR) is 98.2 cm³/mol. The van der Waals surface area contributed by atoms with Gasteiger partial charge in [0.15, 0.2) is 5.82 Å². The van der Waals surface area contributed by atoms with Crippen molar-refractivity contribution in [3.63, 3.8) is 0 Å². The predicted octanol–water partition coefficient (Wildman–Crippen LogP) is 3.64. The van der Waals surface area contributed by atoms with Crippen LogP contribution in [0.4, 0.5) is 10.6 Å². The van der Waals surface area contributed by atoms with E-state index in [0.29, 0.717) is 18.1 Å². The van der Waals surface area contributed by atoms with Gasteiger partial charge in [-0.25, -0.2) is 9.78 Å². The van der Waals surface area contributed by atoms with E-state index in [9.17, 15) is 4.79 Å². The molecule has 0 fully saturated rings. The molecular weight excluding hydrogens is 330 g/mol. The van der Waals surface area contributed by atoms with Gasteiger partial charge in [-0.3, -0.25) is 9.88 Å². The molecule has 0 aliphatic heterocycles. The maximum atomic E-state index is 11.9. The maximum Gasteiger partial charge on any atom is 0.320 e. The topological polar surface area (TPSA) is 85.0 Å². The number of amides is 2. The highest BCUT2D eigenvalue weighted by molar-refractivity contribution is 5.88. The summed E-state index contributed by atoms with van der Waals surface area (Å²) in [4.78, 5) is 16.3. The number of fused-ring (bicyclic) bond motifs is 1. The van der Waals surface area contributed by atoms with E-state index in [4.69, 9.17) is 4.52 Å². The fourth-order valence-corrected chi connectivity index (χ4v) is 2.71. The molecule has 2 heterocycles. The molecule has 0 aliphatic rings. The quantitative estimate of drug-likeness (QED) is 0.590. The Labute approximate surface area is 149 Å². The van der Waals surface area contributed by atoms with Crippen molar-refractivity contribution in [1.29, 1.82) is 0 Å². The molecule has 4 aromatic rings. The summed E-state index contributed by atoms with van der Waals surface area (Å²) in [5.41, 5.74) is 4.02. The van der Waals surface area contributed by atoms with E-state index in [2.05, 4.69) is 20.8 Å². The van der Waals surface area contributed by atoms with Crippen LogP contribution in [0, 0.1) is 6.92 Å². The number of carbonyl (C=O) groups is 1. The molecule has 0 radical (unpaired) electrons. The van der Waals surface area contributed by atoms with E-state index >= 15 is 0 Å². The summed E-state index contributed by atoms with van der Waals surface area (Å²) in [5, 5.41) is 9.13. The van der Waals surface area contributed by atoms with Crippen molar-refractivity contribution >= 4 is 22.9 Å². The summed E-state index contributed by atoms with van der Waals surface area (Å²) >= 11 is 0. The Hall–Kier alpha value is -3.61. The lowest BCUT2D eigenvalue weighted by Crippen LogP contribution is -2.28. The van der Waals surface area contributed by atoms with Crippen molar-refractivity contribution in [2.45, 2.75) is 13.5 Å². The molecule has 26 heavy (non-hydrogen) atoms. The highest BCUT2D eigenvalue weighted by Gasteiger charge is 2.06.